The summed E-state index contributed by atoms with van der Waals surface area (Å²) in [5, 5.41) is 6.17. The van der Waals surface area contributed by atoms with Crippen LogP contribution in [0.5, 0.6) is 0 Å². The van der Waals surface area contributed by atoms with E-state index in [4.69, 9.17) is 0 Å². The van der Waals surface area contributed by atoms with Gasteiger partial charge in [0.2, 0.25) is 0 Å². The molecule has 112 valence electrons. The van der Waals surface area contributed by atoms with Gasteiger partial charge in [-0.05, 0) is 45.3 Å². The van der Waals surface area contributed by atoms with Gasteiger partial charge in [0.15, 0.2) is 5.13 Å². The maximum Gasteiger partial charge on any atom is 0.311 e. The van der Waals surface area contributed by atoms with Crippen LogP contribution in [0.25, 0.3) is 0 Å². The van der Waals surface area contributed by atoms with Gasteiger partial charge < -0.3 is 15.0 Å². The van der Waals surface area contributed by atoms with E-state index in [1.165, 1.54) is 39.5 Å². The van der Waals surface area contributed by atoms with Crippen LogP contribution < -0.4 is 5.32 Å². The smallest absolute Gasteiger partial charge is 0.311 e. The minimum atomic E-state index is -0.242. The Morgan fingerprint density at radius 3 is 3.00 bits per heavy atom. The topological polar surface area (TPSA) is 54.5 Å². The van der Waals surface area contributed by atoms with Crippen molar-refractivity contribution in [2.24, 2.45) is 5.92 Å². The summed E-state index contributed by atoms with van der Waals surface area (Å²) in [4.78, 5) is 17.9. The highest BCUT2D eigenvalue weighted by Gasteiger charge is 2.16. The van der Waals surface area contributed by atoms with Crippen LogP contribution >= 0.6 is 11.3 Å². The number of carbonyl (C=O) groups excluding carboxylic acids is 1. The summed E-state index contributed by atoms with van der Waals surface area (Å²) in [6, 6.07) is 0. The lowest BCUT2D eigenvalue weighted by Gasteiger charge is -2.28. The first-order valence-corrected chi connectivity index (χ1v) is 7.99. The number of ether oxygens (including phenoxy) is 1. The molecule has 2 heterocycles. The molecule has 0 aromatic carbocycles. The van der Waals surface area contributed by atoms with Gasteiger partial charge in [0.25, 0.3) is 0 Å². The molecule has 0 radical (unpaired) electrons. The summed E-state index contributed by atoms with van der Waals surface area (Å²) in [5.41, 5.74) is 0.781. The van der Waals surface area contributed by atoms with Gasteiger partial charge in [0.1, 0.15) is 0 Å². The molecule has 0 bridgehead atoms. The maximum absolute atomic E-state index is 11.2. The summed E-state index contributed by atoms with van der Waals surface area (Å²) < 4.78 is 4.63. The van der Waals surface area contributed by atoms with Gasteiger partial charge >= 0.3 is 5.97 Å². The van der Waals surface area contributed by atoms with E-state index in [1.54, 1.807) is 11.3 Å². The molecule has 1 aromatic heterocycles. The molecule has 0 saturated carbocycles. The molecule has 20 heavy (non-hydrogen) atoms. The van der Waals surface area contributed by atoms with E-state index in [0.29, 0.717) is 0 Å². The second kappa shape index (κ2) is 7.59. The van der Waals surface area contributed by atoms with E-state index in [0.717, 1.165) is 23.3 Å². The van der Waals surface area contributed by atoms with E-state index in [-0.39, 0.29) is 12.4 Å². The average molecular weight is 297 g/mol. The monoisotopic (exact) mass is 297 g/mol. The maximum atomic E-state index is 11.2. The number of methoxy groups -OCH3 is 1. The van der Waals surface area contributed by atoms with Crippen molar-refractivity contribution in [1.82, 2.24) is 9.88 Å². The number of likely N-dealkylation sites (tertiary alicyclic amines) is 1. The number of carbonyl (C=O) groups is 1. The summed E-state index contributed by atoms with van der Waals surface area (Å²) in [6.45, 7) is 3.38. The van der Waals surface area contributed by atoms with Crippen LogP contribution in [0.2, 0.25) is 0 Å². The van der Waals surface area contributed by atoms with Crippen molar-refractivity contribution in [2.75, 3.05) is 39.1 Å². The van der Waals surface area contributed by atoms with Crippen molar-refractivity contribution in [3.63, 3.8) is 0 Å². The minimum Gasteiger partial charge on any atom is -0.469 e. The fourth-order valence-corrected chi connectivity index (χ4v) is 3.16. The number of rotatable bonds is 6. The third-order valence-corrected chi connectivity index (χ3v) is 4.62. The molecule has 1 fully saturated rings. The van der Waals surface area contributed by atoms with Crippen molar-refractivity contribution < 1.29 is 9.53 Å². The van der Waals surface area contributed by atoms with Crippen LogP contribution in [0.1, 0.15) is 25.0 Å². The SMILES string of the molecule is COC(=O)Cc1csc(NCCC2CCN(C)CC2)n1. The zero-order valence-corrected chi connectivity index (χ0v) is 13.0. The third kappa shape index (κ3) is 4.76. The van der Waals surface area contributed by atoms with Crippen molar-refractivity contribution in [3.8, 4) is 0 Å². The standard InChI is InChI=1S/C14H23N3O2S/c1-17-7-4-11(5-8-17)3-6-15-14-16-12(10-20-14)9-13(18)19-2/h10-11H,3-9H2,1-2H3,(H,15,16). The van der Waals surface area contributed by atoms with Gasteiger partial charge in [0, 0.05) is 11.9 Å². The van der Waals surface area contributed by atoms with E-state index in [9.17, 15) is 4.79 Å². The molecule has 5 nitrogen and oxygen atoms in total. The average Bonchev–Trinajstić information content (AvgIpc) is 2.88. The van der Waals surface area contributed by atoms with Gasteiger partial charge in [-0.3, -0.25) is 4.79 Å². The first kappa shape index (κ1) is 15.3. The largest absolute Gasteiger partial charge is 0.469 e. The molecule has 0 aliphatic carbocycles. The molecule has 0 atom stereocenters. The van der Waals surface area contributed by atoms with Gasteiger partial charge in [0.05, 0.1) is 19.2 Å². The molecule has 1 saturated heterocycles. The molecule has 1 aliphatic rings. The highest BCUT2D eigenvalue weighted by molar-refractivity contribution is 7.13. The predicted molar refractivity (Wildman–Crippen MR) is 81.2 cm³/mol. The Hall–Kier alpha value is -1.14. The van der Waals surface area contributed by atoms with Crippen LogP contribution in [-0.4, -0.2) is 49.6 Å². The third-order valence-electron chi connectivity index (χ3n) is 3.77. The van der Waals surface area contributed by atoms with E-state index >= 15 is 0 Å². The zero-order valence-electron chi connectivity index (χ0n) is 12.2. The number of hydrogen-bond acceptors (Lipinski definition) is 6. The van der Waals surface area contributed by atoms with Crippen LogP contribution in [0.4, 0.5) is 5.13 Å². The first-order chi connectivity index (χ1) is 9.67. The fourth-order valence-electron chi connectivity index (χ4n) is 2.42. The Kier molecular flexibility index (Phi) is 5.79. The van der Waals surface area contributed by atoms with Gasteiger partial charge in [-0.25, -0.2) is 4.98 Å². The molecular weight excluding hydrogens is 274 g/mol. The normalized spacial score (nSPS) is 17.1. The number of hydrogen-bond donors (Lipinski definition) is 1. The fraction of sp³-hybridized carbons (Fsp3) is 0.714. The Morgan fingerprint density at radius 2 is 2.30 bits per heavy atom. The Bertz CT molecular complexity index is 428. The molecule has 1 aromatic rings. The van der Waals surface area contributed by atoms with Crippen molar-refractivity contribution >= 4 is 22.4 Å². The molecular formula is C14H23N3O2S. The highest BCUT2D eigenvalue weighted by Crippen LogP contribution is 2.21. The quantitative estimate of drug-likeness (QED) is 0.814. The molecule has 0 unspecified atom stereocenters. The number of esters is 1. The van der Waals surface area contributed by atoms with Gasteiger partial charge in [-0.15, -0.1) is 11.3 Å². The number of aromatic nitrogens is 1. The summed E-state index contributed by atoms with van der Waals surface area (Å²) in [5.74, 6) is 0.585. The van der Waals surface area contributed by atoms with E-state index < -0.39 is 0 Å². The molecule has 1 aliphatic heterocycles. The number of piperidine rings is 1. The van der Waals surface area contributed by atoms with Crippen LogP contribution in [-0.2, 0) is 16.0 Å². The molecule has 1 N–H and O–H groups in total. The second-order valence-corrected chi connectivity index (χ2v) is 6.22. The predicted octanol–water partition coefficient (Wildman–Crippen LogP) is 2.00. The van der Waals surface area contributed by atoms with Crippen molar-refractivity contribution in [3.05, 3.63) is 11.1 Å². The van der Waals surface area contributed by atoms with Crippen LogP contribution in [0.3, 0.4) is 0 Å². The van der Waals surface area contributed by atoms with E-state index in [2.05, 4.69) is 27.0 Å². The summed E-state index contributed by atoms with van der Waals surface area (Å²) in [6.07, 6.45) is 4.04. The molecule has 0 amide bonds. The number of nitrogens with one attached hydrogen (secondary N) is 1. The molecule has 0 spiro atoms. The first-order valence-electron chi connectivity index (χ1n) is 7.11. The Morgan fingerprint density at radius 1 is 1.55 bits per heavy atom. The molecule has 2 rings (SSSR count). The lowest BCUT2D eigenvalue weighted by Crippen LogP contribution is -2.30. The van der Waals surface area contributed by atoms with Crippen LogP contribution in [0, 0.1) is 5.92 Å². The summed E-state index contributed by atoms with van der Waals surface area (Å²) >= 11 is 1.55. The Balaban J connectivity index is 1.68. The highest BCUT2D eigenvalue weighted by atomic mass is 32.1. The lowest BCUT2D eigenvalue weighted by molar-refractivity contribution is -0.139. The van der Waals surface area contributed by atoms with Crippen LogP contribution in [0.15, 0.2) is 5.38 Å². The van der Waals surface area contributed by atoms with Gasteiger partial charge in [-0.2, -0.15) is 0 Å². The van der Waals surface area contributed by atoms with Crippen molar-refractivity contribution in [1.29, 1.82) is 0 Å². The number of anilines is 1. The zero-order chi connectivity index (χ0) is 14.4. The second-order valence-electron chi connectivity index (χ2n) is 5.36. The lowest BCUT2D eigenvalue weighted by atomic mass is 9.94. The van der Waals surface area contributed by atoms with E-state index in [1.807, 2.05) is 5.38 Å². The van der Waals surface area contributed by atoms with Crippen molar-refractivity contribution in [2.45, 2.75) is 25.7 Å². The Labute approximate surface area is 124 Å². The number of nitrogens with zero attached hydrogens (tertiary/aromatic N) is 2. The molecule has 6 heteroatoms. The van der Waals surface area contributed by atoms with Gasteiger partial charge in [-0.1, -0.05) is 0 Å². The minimum absolute atomic E-state index is 0.242. The summed E-state index contributed by atoms with van der Waals surface area (Å²) in [7, 11) is 3.59. The number of thiazole rings is 1.